The van der Waals surface area contributed by atoms with E-state index in [0.717, 1.165) is 55.7 Å². The van der Waals surface area contributed by atoms with E-state index in [1.54, 1.807) is 11.3 Å². The number of aryl methyl sites for hydroxylation is 2. The van der Waals surface area contributed by atoms with E-state index in [1.807, 2.05) is 7.05 Å². The summed E-state index contributed by atoms with van der Waals surface area (Å²) >= 11 is 1.75. The van der Waals surface area contributed by atoms with Gasteiger partial charge in [0.2, 0.25) is 0 Å². The summed E-state index contributed by atoms with van der Waals surface area (Å²) in [6.45, 7) is 8.19. The van der Waals surface area contributed by atoms with Crippen LogP contribution in [0.25, 0.3) is 0 Å². The van der Waals surface area contributed by atoms with Crippen molar-refractivity contribution in [2.75, 3.05) is 20.1 Å². The summed E-state index contributed by atoms with van der Waals surface area (Å²) in [5.74, 6) is 0.872. The highest BCUT2D eigenvalue weighted by molar-refractivity contribution is 14.0. The van der Waals surface area contributed by atoms with Crippen LogP contribution in [-0.4, -0.2) is 42.0 Å². The fraction of sp³-hybridized carbons (Fsp3) is 0.500. The number of likely N-dealkylation sites (tertiary alicyclic amines) is 1. The molecule has 0 aliphatic carbocycles. The van der Waals surface area contributed by atoms with E-state index < -0.39 is 0 Å². The number of nitrogens with zero attached hydrogens (tertiary/aromatic N) is 3. The van der Waals surface area contributed by atoms with Crippen LogP contribution >= 0.6 is 35.3 Å². The van der Waals surface area contributed by atoms with Gasteiger partial charge in [0.1, 0.15) is 5.01 Å². The molecular weight excluding hydrogens is 469 g/mol. The Morgan fingerprint density at radius 2 is 1.93 bits per heavy atom. The van der Waals surface area contributed by atoms with Crippen molar-refractivity contribution in [3.63, 3.8) is 0 Å². The molecule has 0 bridgehead atoms. The largest absolute Gasteiger partial charge is 0.354 e. The normalized spacial score (nSPS) is 16.0. The maximum absolute atomic E-state index is 4.58. The average Bonchev–Trinajstić information content (AvgIpc) is 2.98. The number of piperidine rings is 1. The SMILES string of the molecule is CN=C(NCc1nc(C)c(C)s1)NC1CCN(Cc2ccccc2)CC1.I. The fourth-order valence-corrected chi connectivity index (χ4v) is 4.11. The number of guanidine groups is 1. The van der Waals surface area contributed by atoms with Crippen LogP contribution in [0.1, 0.15) is 34.0 Å². The molecule has 0 unspecified atom stereocenters. The van der Waals surface area contributed by atoms with Crippen LogP contribution in [0.15, 0.2) is 35.3 Å². The molecule has 27 heavy (non-hydrogen) atoms. The highest BCUT2D eigenvalue weighted by atomic mass is 127. The molecule has 1 aromatic carbocycles. The van der Waals surface area contributed by atoms with Crippen LogP contribution in [0.2, 0.25) is 0 Å². The van der Waals surface area contributed by atoms with Gasteiger partial charge in [-0.15, -0.1) is 35.3 Å². The first-order chi connectivity index (χ1) is 12.6. The van der Waals surface area contributed by atoms with Gasteiger partial charge in [-0.1, -0.05) is 30.3 Å². The second kappa shape index (κ2) is 11.0. The third-order valence-corrected chi connectivity index (χ3v) is 5.95. The first-order valence-corrected chi connectivity index (χ1v) is 10.1. The average molecular weight is 499 g/mol. The van der Waals surface area contributed by atoms with E-state index in [9.17, 15) is 0 Å². The number of nitrogens with one attached hydrogen (secondary N) is 2. The van der Waals surface area contributed by atoms with Gasteiger partial charge in [0.05, 0.1) is 12.2 Å². The van der Waals surface area contributed by atoms with Gasteiger partial charge in [-0.2, -0.15) is 0 Å². The van der Waals surface area contributed by atoms with Gasteiger partial charge in [0, 0.05) is 37.6 Å². The molecule has 0 spiro atoms. The third-order valence-electron chi connectivity index (χ3n) is 4.88. The van der Waals surface area contributed by atoms with E-state index in [-0.39, 0.29) is 24.0 Å². The standard InChI is InChI=1S/C20H29N5S.HI/c1-15-16(2)26-19(23-15)13-22-20(21-3)24-18-9-11-25(12-10-18)14-17-7-5-4-6-8-17;/h4-8,18H,9-14H2,1-3H3,(H2,21,22,24);1H. The van der Waals surface area contributed by atoms with Crippen molar-refractivity contribution in [1.82, 2.24) is 20.5 Å². The molecule has 1 fully saturated rings. The van der Waals surface area contributed by atoms with Gasteiger partial charge in [-0.25, -0.2) is 4.98 Å². The molecule has 1 aliphatic rings. The Morgan fingerprint density at radius 1 is 1.22 bits per heavy atom. The summed E-state index contributed by atoms with van der Waals surface area (Å²) < 4.78 is 0. The van der Waals surface area contributed by atoms with Gasteiger partial charge < -0.3 is 10.6 Å². The Bertz CT molecular complexity index is 704. The second-order valence-electron chi connectivity index (χ2n) is 6.86. The molecule has 5 nitrogen and oxygen atoms in total. The maximum atomic E-state index is 4.58. The minimum absolute atomic E-state index is 0. The van der Waals surface area contributed by atoms with Crippen molar-refractivity contribution in [3.8, 4) is 0 Å². The van der Waals surface area contributed by atoms with Crippen LogP contribution in [-0.2, 0) is 13.1 Å². The molecule has 2 N–H and O–H groups in total. The first-order valence-electron chi connectivity index (χ1n) is 9.30. The fourth-order valence-electron chi connectivity index (χ4n) is 3.24. The molecule has 1 aliphatic heterocycles. The van der Waals surface area contributed by atoms with Gasteiger partial charge in [-0.05, 0) is 32.3 Å². The minimum Gasteiger partial charge on any atom is -0.354 e. The molecule has 0 atom stereocenters. The molecule has 7 heteroatoms. The smallest absolute Gasteiger partial charge is 0.191 e. The van der Waals surface area contributed by atoms with Crippen molar-refractivity contribution >= 4 is 41.3 Å². The Morgan fingerprint density at radius 3 is 2.52 bits per heavy atom. The van der Waals surface area contributed by atoms with Gasteiger partial charge in [0.15, 0.2) is 5.96 Å². The molecule has 0 radical (unpaired) electrons. The lowest BCUT2D eigenvalue weighted by Gasteiger charge is -2.33. The number of benzene rings is 1. The number of hydrogen-bond donors (Lipinski definition) is 2. The maximum Gasteiger partial charge on any atom is 0.191 e. The van der Waals surface area contributed by atoms with Crippen LogP contribution in [0.5, 0.6) is 0 Å². The summed E-state index contributed by atoms with van der Waals surface area (Å²) in [6.07, 6.45) is 2.28. The number of aromatic nitrogens is 1. The lowest BCUT2D eigenvalue weighted by molar-refractivity contribution is 0.198. The monoisotopic (exact) mass is 499 g/mol. The Labute approximate surface area is 183 Å². The number of hydrogen-bond acceptors (Lipinski definition) is 4. The van der Waals surface area contributed by atoms with E-state index >= 15 is 0 Å². The van der Waals surface area contributed by atoms with Crippen molar-refractivity contribution in [1.29, 1.82) is 0 Å². The quantitative estimate of drug-likeness (QED) is 0.374. The first kappa shape index (κ1) is 22.1. The molecular formula is C20H30IN5S. The molecule has 2 heterocycles. The van der Waals surface area contributed by atoms with E-state index in [0.29, 0.717) is 6.04 Å². The molecule has 0 saturated carbocycles. The van der Waals surface area contributed by atoms with Crippen molar-refractivity contribution in [2.45, 2.75) is 45.8 Å². The van der Waals surface area contributed by atoms with Crippen molar-refractivity contribution in [2.24, 2.45) is 4.99 Å². The van der Waals surface area contributed by atoms with E-state index in [1.165, 1.54) is 10.4 Å². The van der Waals surface area contributed by atoms with Crippen LogP contribution in [0.4, 0.5) is 0 Å². The number of thiazole rings is 1. The molecule has 148 valence electrons. The molecule has 1 aromatic heterocycles. The number of halogens is 1. The Hall–Kier alpha value is -1.19. The van der Waals surface area contributed by atoms with Crippen LogP contribution in [0, 0.1) is 13.8 Å². The van der Waals surface area contributed by atoms with Gasteiger partial charge in [-0.3, -0.25) is 9.89 Å². The topological polar surface area (TPSA) is 52.6 Å². The third kappa shape index (κ3) is 6.73. The van der Waals surface area contributed by atoms with Crippen LogP contribution < -0.4 is 10.6 Å². The zero-order chi connectivity index (χ0) is 18.4. The van der Waals surface area contributed by atoms with Crippen molar-refractivity contribution in [3.05, 3.63) is 51.5 Å². The lowest BCUT2D eigenvalue weighted by atomic mass is 10.0. The summed E-state index contributed by atoms with van der Waals surface area (Å²) in [6, 6.07) is 11.2. The Kier molecular flexibility index (Phi) is 8.98. The summed E-state index contributed by atoms with van der Waals surface area (Å²) in [7, 11) is 1.83. The molecule has 2 aromatic rings. The summed E-state index contributed by atoms with van der Waals surface area (Å²) in [5.41, 5.74) is 2.52. The minimum atomic E-state index is 0. The highest BCUT2D eigenvalue weighted by Crippen LogP contribution is 2.16. The van der Waals surface area contributed by atoms with Gasteiger partial charge in [0.25, 0.3) is 0 Å². The predicted octanol–water partition coefficient (Wildman–Crippen LogP) is 3.71. The zero-order valence-corrected chi connectivity index (χ0v) is 19.5. The summed E-state index contributed by atoms with van der Waals surface area (Å²) in [4.78, 5) is 12.8. The highest BCUT2D eigenvalue weighted by Gasteiger charge is 2.20. The Balaban J connectivity index is 0.00000261. The van der Waals surface area contributed by atoms with Crippen molar-refractivity contribution < 1.29 is 0 Å². The lowest BCUT2D eigenvalue weighted by Crippen LogP contribution is -2.48. The molecule has 0 amide bonds. The zero-order valence-electron chi connectivity index (χ0n) is 16.4. The molecule has 1 saturated heterocycles. The van der Waals surface area contributed by atoms with E-state index in [4.69, 9.17) is 0 Å². The predicted molar refractivity (Wildman–Crippen MR) is 125 cm³/mol. The van der Waals surface area contributed by atoms with Gasteiger partial charge >= 0.3 is 0 Å². The number of aliphatic imine (C=N–C) groups is 1. The second-order valence-corrected chi connectivity index (χ2v) is 8.14. The summed E-state index contributed by atoms with van der Waals surface area (Å²) in [5, 5.41) is 8.08. The molecule has 3 rings (SSSR count). The van der Waals surface area contributed by atoms with Crippen LogP contribution in [0.3, 0.4) is 0 Å². The number of rotatable bonds is 5. The van der Waals surface area contributed by atoms with E-state index in [2.05, 4.69) is 69.7 Å².